The molecule has 3 aromatic rings. The molecule has 0 bridgehead atoms. The zero-order valence-electron chi connectivity index (χ0n) is 19.2. The van der Waals surface area contributed by atoms with E-state index in [2.05, 4.69) is 30.9 Å². The maximum atomic E-state index is 11.6. The molecule has 34 heavy (non-hydrogen) atoms. The first-order valence-corrected chi connectivity index (χ1v) is 15.1. The minimum Gasteiger partial charge on any atom is -0.335 e. The average Bonchev–Trinajstić information content (AvgIpc) is 3.26. The van der Waals surface area contributed by atoms with Crippen LogP contribution in [0.2, 0.25) is 10.0 Å². The van der Waals surface area contributed by atoms with E-state index < -0.39 is 15.4 Å². The number of rotatable bonds is 8. The van der Waals surface area contributed by atoms with Crippen LogP contribution in [0.4, 0.5) is 5.69 Å². The zero-order valence-corrected chi connectivity index (χ0v) is 23.2. The van der Waals surface area contributed by atoms with Gasteiger partial charge in [-0.1, -0.05) is 48.8 Å². The molecule has 1 aliphatic heterocycles. The SMILES string of the molecule is CC(C)CCc1c(C=C2Sc3ccc(Cl)cc3N2CCC(C)S(=O)(=O)O)sc2ccc(Cl)cc12. The number of thiophene rings is 1. The maximum absolute atomic E-state index is 11.6. The van der Waals surface area contributed by atoms with Gasteiger partial charge in [0.05, 0.1) is 16.0 Å². The highest BCUT2D eigenvalue weighted by atomic mass is 35.5. The molecule has 0 fully saturated rings. The van der Waals surface area contributed by atoms with E-state index in [0.717, 1.165) is 33.5 Å². The van der Waals surface area contributed by atoms with Crippen LogP contribution in [0, 0.1) is 5.92 Å². The lowest BCUT2D eigenvalue weighted by atomic mass is 10.00. The first kappa shape index (κ1) is 25.9. The highest BCUT2D eigenvalue weighted by Crippen LogP contribution is 2.49. The summed E-state index contributed by atoms with van der Waals surface area (Å²) in [5.74, 6) is 0.584. The molecule has 4 rings (SSSR count). The molecule has 1 aromatic heterocycles. The van der Waals surface area contributed by atoms with E-state index in [1.54, 1.807) is 23.1 Å². The van der Waals surface area contributed by atoms with Gasteiger partial charge in [0.25, 0.3) is 10.1 Å². The Morgan fingerprint density at radius 3 is 2.47 bits per heavy atom. The zero-order chi connectivity index (χ0) is 24.6. The van der Waals surface area contributed by atoms with Crippen LogP contribution < -0.4 is 4.90 Å². The van der Waals surface area contributed by atoms with Gasteiger partial charge in [-0.25, -0.2) is 0 Å². The summed E-state index contributed by atoms with van der Waals surface area (Å²) in [6.07, 6.45) is 4.53. The van der Waals surface area contributed by atoms with E-state index >= 15 is 0 Å². The number of benzene rings is 2. The Balaban J connectivity index is 1.76. The Morgan fingerprint density at radius 2 is 1.76 bits per heavy atom. The van der Waals surface area contributed by atoms with E-state index in [9.17, 15) is 13.0 Å². The van der Waals surface area contributed by atoms with Gasteiger partial charge >= 0.3 is 0 Å². The Labute approximate surface area is 219 Å². The number of nitrogens with zero attached hydrogens (tertiary/aromatic N) is 1. The van der Waals surface area contributed by atoms with Gasteiger partial charge in [0.15, 0.2) is 0 Å². The number of anilines is 1. The van der Waals surface area contributed by atoms with Crippen LogP contribution in [0.1, 0.15) is 44.1 Å². The van der Waals surface area contributed by atoms with Gasteiger partial charge in [0.2, 0.25) is 0 Å². The predicted octanol–water partition coefficient (Wildman–Crippen LogP) is 8.37. The molecule has 182 valence electrons. The summed E-state index contributed by atoms with van der Waals surface area (Å²) >= 11 is 16.0. The lowest BCUT2D eigenvalue weighted by molar-refractivity contribution is 0.466. The van der Waals surface area contributed by atoms with Crippen LogP contribution in [-0.4, -0.2) is 24.8 Å². The Kier molecular flexibility index (Phi) is 7.92. The smallest absolute Gasteiger partial charge is 0.267 e. The lowest BCUT2D eigenvalue weighted by Crippen LogP contribution is -2.26. The minimum atomic E-state index is -4.09. The highest BCUT2D eigenvalue weighted by Gasteiger charge is 2.28. The van der Waals surface area contributed by atoms with Crippen LogP contribution >= 0.6 is 46.3 Å². The maximum Gasteiger partial charge on any atom is 0.267 e. The number of thioether (sulfide) groups is 1. The third-order valence-corrected chi connectivity index (χ3v) is 9.97. The van der Waals surface area contributed by atoms with Crippen molar-refractivity contribution in [3.05, 3.63) is 61.9 Å². The van der Waals surface area contributed by atoms with E-state index in [0.29, 0.717) is 23.9 Å². The highest BCUT2D eigenvalue weighted by molar-refractivity contribution is 8.04. The van der Waals surface area contributed by atoms with Crippen LogP contribution in [-0.2, 0) is 16.5 Å². The van der Waals surface area contributed by atoms with Crippen LogP contribution in [0.25, 0.3) is 16.2 Å². The van der Waals surface area contributed by atoms with Crippen molar-refractivity contribution in [2.45, 2.75) is 50.2 Å². The predicted molar refractivity (Wildman–Crippen MR) is 148 cm³/mol. The number of fused-ring (bicyclic) bond motifs is 2. The first-order valence-electron chi connectivity index (χ1n) is 11.2. The summed E-state index contributed by atoms with van der Waals surface area (Å²) in [5.41, 5.74) is 2.25. The average molecular weight is 557 g/mol. The molecule has 0 amide bonds. The number of halogens is 2. The Morgan fingerprint density at radius 1 is 1.06 bits per heavy atom. The van der Waals surface area contributed by atoms with Crippen molar-refractivity contribution in [1.29, 1.82) is 0 Å². The van der Waals surface area contributed by atoms with Crippen molar-refractivity contribution in [3.63, 3.8) is 0 Å². The van der Waals surface area contributed by atoms with Gasteiger partial charge in [-0.2, -0.15) is 8.42 Å². The molecule has 0 aliphatic carbocycles. The molecule has 0 saturated carbocycles. The monoisotopic (exact) mass is 555 g/mol. The van der Waals surface area contributed by atoms with Crippen LogP contribution in [0.3, 0.4) is 0 Å². The second-order valence-electron chi connectivity index (χ2n) is 8.98. The number of hydrogen-bond donors (Lipinski definition) is 1. The van der Waals surface area contributed by atoms with Gasteiger partial charge in [0, 0.05) is 31.1 Å². The van der Waals surface area contributed by atoms with Crippen molar-refractivity contribution in [1.82, 2.24) is 0 Å². The van der Waals surface area contributed by atoms with E-state index in [1.807, 2.05) is 30.3 Å². The van der Waals surface area contributed by atoms with E-state index in [1.165, 1.54) is 27.5 Å². The standard InChI is InChI=1S/C25H27Cl2NO3S3/c1-15(2)4-7-19-20-12-17(26)5-8-22(20)32-24(19)14-25-28(11-10-16(3)34(29,30)31)21-13-18(27)6-9-23(21)33-25/h5-6,8-9,12-16H,4,7,10-11H2,1-3H3,(H,29,30,31). The molecule has 0 saturated heterocycles. The molecule has 1 aliphatic rings. The second kappa shape index (κ2) is 10.4. The van der Waals surface area contributed by atoms with Gasteiger partial charge in [0.1, 0.15) is 0 Å². The topological polar surface area (TPSA) is 57.6 Å². The second-order valence-corrected chi connectivity index (χ2v) is 13.8. The Bertz CT molecular complexity index is 1350. The molecular weight excluding hydrogens is 529 g/mol. The first-order chi connectivity index (χ1) is 16.0. The summed E-state index contributed by atoms with van der Waals surface area (Å²) in [4.78, 5) is 4.37. The lowest BCUT2D eigenvalue weighted by Gasteiger charge is -2.22. The number of hydrogen-bond acceptors (Lipinski definition) is 5. The molecule has 2 aromatic carbocycles. The van der Waals surface area contributed by atoms with Gasteiger partial charge in [-0.3, -0.25) is 4.55 Å². The fourth-order valence-electron chi connectivity index (χ4n) is 3.93. The summed E-state index contributed by atoms with van der Waals surface area (Å²) in [5, 5.41) is 2.72. The van der Waals surface area contributed by atoms with E-state index in [-0.39, 0.29) is 0 Å². The van der Waals surface area contributed by atoms with Crippen molar-refractivity contribution in [3.8, 4) is 0 Å². The van der Waals surface area contributed by atoms with Gasteiger partial charge in [-0.05, 0) is 85.5 Å². The summed E-state index contributed by atoms with van der Waals surface area (Å²) in [6, 6.07) is 11.8. The van der Waals surface area contributed by atoms with E-state index in [4.69, 9.17) is 23.2 Å². The minimum absolute atomic E-state index is 0.297. The van der Waals surface area contributed by atoms with Crippen molar-refractivity contribution in [2.24, 2.45) is 5.92 Å². The van der Waals surface area contributed by atoms with Gasteiger partial charge in [-0.15, -0.1) is 11.3 Å². The molecular formula is C25H27Cl2NO3S3. The van der Waals surface area contributed by atoms with Crippen molar-refractivity contribution in [2.75, 3.05) is 11.4 Å². The molecule has 4 nitrogen and oxygen atoms in total. The normalized spacial score (nSPS) is 16.1. The van der Waals surface area contributed by atoms with Crippen molar-refractivity contribution >= 4 is 78.3 Å². The molecule has 1 unspecified atom stereocenters. The van der Waals surface area contributed by atoms with Crippen molar-refractivity contribution < 1.29 is 13.0 Å². The third-order valence-electron chi connectivity index (χ3n) is 5.97. The Hall–Kier alpha value is -1.22. The molecule has 9 heteroatoms. The van der Waals surface area contributed by atoms with Crippen LogP contribution in [0.15, 0.2) is 46.3 Å². The summed E-state index contributed by atoms with van der Waals surface area (Å²) in [7, 11) is -4.09. The number of aryl methyl sites for hydroxylation is 1. The fourth-order valence-corrected chi connectivity index (χ4v) is 7.03. The molecule has 2 heterocycles. The summed E-state index contributed by atoms with van der Waals surface area (Å²) < 4.78 is 33.8. The molecule has 0 spiro atoms. The summed E-state index contributed by atoms with van der Waals surface area (Å²) in [6.45, 7) is 6.43. The molecule has 1 atom stereocenters. The third kappa shape index (κ3) is 5.77. The fraction of sp³-hybridized carbons (Fsp3) is 0.360. The largest absolute Gasteiger partial charge is 0.335 e. The molecule has 1 N–H and O–H groups in total. The van der Waals surface area contributed by atoms with Gasteiger partial charge < -0.3 is 4.90 Å². The van der Waals surface area contributed by atoms with Crippen LogP contribution in [0.5, 0.6) is 0 Å². The quantitative estimate of drug-likeness (QED) is 0.283. The molecule has 0 radical (unpaired) electrons.